The van der Waals surface area contributed by atoms with Crippen molar-refractivity contribution < 1.29 is 4.74 Å². The van der Waals surface area contributed by atoms with Crippen LogP contribution < -0.4 is 4.74 Å². The van der Waals surface area contributed by atoms with Crippen LogP contribution in [0.2, 0.25) is 0 Å². The second kappa shape index (κ2) is 4.80. The third kappa shape index (κ3) is 2.57. The van der Waals surface area contributed by atoms with Crippen molar-refractivity contribution in [2.45, 2.75) is 33.2 Å². The van der Waals surface area contributed by atoms with Crippen molar-refractivity contribution in [1.29, 1.82) is 0 Å². The smallest absolute Gasteiger partial charge is 0.157 e. The zero-order valence-electron chi connectivity index (χ0n) is 7.79. The molecule has 0 aliphatic carbocycles. The Kier molecular flexibility index (Phi) is 3.64. The average molecular weight is 168 g/mol. The van der Waals surface area contributed by atoms with Gasteiger partial charge in [0.2, 0.25) is 0 Å². The van der Waals surface area contributed by atoms with Gasteiger partial charge in [-0.25, -0.2) is 0 Å². The molecule has 0 aromatic carbocycles. The fourth-order valence-corrected chi connectivity index (χ4v) is 0.990. The van der Waals surface area contributed by atoms with Crippen LogP contribution in [0.1, 0.15) is 26.7 Å². The van der Waals surface area contributed by atoms with Gasteiger partial charge in [0.15, 0.2) is 5.75 Å². The zero-order chi connectivity index (χ0) is 8.81. The summed E-state index contributed by atoms with van der Waals surface area (Å²) in [4.78, 5) is 0. The number of aryl methyl sites for hydroxylation is 1. The van der Waals surface area contributed by atoms with Crippen LogP contribution in [0.3, 0.4) is 0 Å². The third-order valence-electron chi connectivity index (χ3n) is 1.54. The van der Waals surface area contributed by atoms with Gasteiger partial charge >= 0.3 is 0 Å². The van der Waals surface area contributed by atoms with Gasteiger partial charge in [0.05, 0.1) is 19.0 Å². The fourth-order valence-electron chi connectivity index (χ4n) is 0.990. The van der Waals surface area contributed by atoms with Crippen molar-refractivity contribution in [3.05, 3.63) is 12.4 Å². The average Bonchev–Trinajstić information content (AvgIpc) is 2.50. The minimum Gasteiger partial charge on any atom is -0.490 e. The van der Waals surface area contributed by atoms with Crippen LogP contribution in [0.15, 0.2) is 12.4 Å². The molecular formula is C9H16N2O. The normalized spacial score (nSPS) is 10.2. The number of hydrogen-bond acceptors (Lipinski definition) is 2. The molecule has 0 amide bonds. The SMILES string of the molecule is CCCOc1cnn(CCC)c1. The minimum absolute atomic E-state index is 0.776. The molecule has 1 aromatic heterocycles. The Hall–Kier alpha value is -0.990. The van der Waals surface area contributed by atoms with Crippen molar-refractivity contribution in [2.24, 2.45) is 0 Å². The van der Waals surface area contributed by atoms with Gasteiger partial charge in [0.1, 0.15) is 0 Å². The number of hydrogen-bond donors (Lipinski definition) is 0. The Morgan fingerprint density at radius 3 is 2.92 bits per heavy atom. The first-order valence-electron chi connectivity index (χ1n) is 4.52. The quantitative estimate of drug-likeness (QED) is 0.673. The van der Waals surface area contributed by atoms with E-state index in [1.165, 1.54) is 0 Å². The summed E-state index contributed by atoms with van der Waals surface area (Å²) in [6, 6.07) is 0. The number of aromatic nitrogens is 2. The highest BCUT2D eigenvalue weighted by Gasteiger charge is 1.96. The first-order chi connectivity index (χ1) is 5.86. The molecule has 0 atom stereocenters. The maximum absolute atomic E-state index is 5.40. The van der Waals surface area contributed by atoms with Crippen molar-refractivity contribution in [3.8, 4) is 5.75 Å². The van der Waals surface area contributed by atoms with Crippen LogP contribution in [0.5, 0.6) is 5.75 Å². The van der Waals surface area contributed by atoms with E-state index < -0.39 is 0 Å². The van der Waals surface area contributed by atoms with E-state index >= 15 is 0 Å². The van der Waals surface area contributed by atoms with Crippen LogP contribution >= 0.6 is 0 Å². The molecule has 0 saturated heterocycles. The standard InChI is InChI=1S/C9H16N2O/c1-3-5-11-8-9(7-10-11)12-6-4-2/h7-8H,3-6H2,1-2H3. The molecule has 3 heteroatoms. The first kappa shape index (κ1) is 9.10. The molecule has 0 bridgehead atoms. The molecular weight excluding hydrogens is 152 g/mol. The summed E-state index contributed by atoms with van der Waals surface area (Å²) < 4.78 is 7.31. The molecule has 0 radical (unpaired) electrons. The summed E-state index contributed by atoms with van der Waals surface area (Å²) in [6.07, 6.45) is 5.86. The summed E-state index contributed by atoms with van der Waals surface area (Å²) in [5.74, 6) is 0.880. The Morgan fingerprint density at radius 1 is 1.42 bits per heavy atom. The molecule has 1 rings (SSSR count). The monoisotopic (exact) mass is 168 g/mol. The predicted molar refractivity (Wildman–Crippen MR) is 48.3 cm³/mol. The van der Waals surface area contributed by atoms with Gasteiger partial charge in [-0.3, -0.25) is 4.68 Å². The Labute approximate surface area is 73.3 Å². The first-order valence-corrected chi connectivity index (χ1v) is 4.52. The van der Waals surface area contributed by atoms with Gasteiger partial charge in [0, 0.05) is 6.54 Å². The molecule has 0 fully saturated rings. The van der Waals surface area contributed by atoms with Gasteiger partial charge in [-0.15, -0.1) is 0 Å². The molecule has 0 aliphatic heterocycles. The highest BCUT2D eigenvalue weighted by atomic mass is 16.5. The van der Waals surface area contributed by atoms with E-state index in [0.29, 0.717) is 0 Å². The topological polar surface area (TPSA) is 27.1 Å². The lowest BCUT2D eigenvalue weighted by atomic mass is 10.5. The van der Waals surface area contributed by atoms with Gasteiger partial charge in [-0.2, -0.15) is 5.10 Å². The van der Waals surface area contributed by atoms with E-state index in [9.17, 15) is 0 Å². The summed E-state index contributed by atoms with van der Waals surface area (Å²) >= 11 is 0. The Bertz CT molecular complexity index is 220. The lowest BCUT2D eigenvalue weighted by Gasteiger charge is -1.98. The van der Waals surface area contributed by atoms with E-state index in [-0.39, 0.29) is 0 Å². The van der Waals surface area contributed by atoms with E-state index in [0.717, 1.165) is 31.7 Å². The number of ether oxygens (including phenoxy) is 1. The minimum atomic E-state index is 0.776. The van der Waals surface area contributed by atoms with Gasteiger partial charge in [-0.05, 0) is 12.8 Å². The second-order valence-electron chi connectivity index (χ2n) is 2.79. The fraction of sp³-hybridized carbons (Fsp3) is 0.667. The third-order valence-corrected chi connectivity index (χ3v) is 1.54. The van der Waals surface area contributed by atoms with Crippen molar-refractivity contribution in [3.63, 3.8) is 0 Å². The van der Waals surface area contributed by atoms with Gasteiger partial charge in [0.25, 0.3) is 0 Å². The van der Waals surface area contributed by atoms with Crippen LogP contribution in [-0.4, -0.2) is 16.4 Å². The molecule has 0 N–H and O–H groups in total. The van der Waals surface area contributed by atoms with E-state index in [2.05, 4.69) is 18.9 Å². The van der Waals surface area contributed by atoms with E-state index in [1.54, 1.807) is 6.20 Å². The van der Waals surface area contributed by atoms with Gasteiger partial charge in [-0.1, -0.05) is 13.8 Å². The van der Waals surface area contributed by atoms with Crippen molar-refractivity contribution in [1.82, 2.24) is 9.78 Å². The summed E-state index contributed by atoms with van der Waals surface area (Å²) in [7, 11) is 0. The Balaban J connectivity index is 2.41. The molecule has 0 spiro atoms. The van der Waals surface area contributed by atoms with Crippen LogP contribution in [0, 0.1) is 0 Å². The van der Waals surface area contributed by atoms with E-state index in [4.69, 9.17) is 4.74 Å². The molecule has 0 saturated carbocycles. The molecule has 0 unspecified atom stereocenters. The summed E-state index contributed by atoms with van der Waals surface area (Å²) in [5.41, 5.74) is 0. The molecule has 12 heavy (non-hydrogen) atoms. The number of nitrogens with zero attached hydrogens (tertiary/aromatic N) is 2. The molecule has 68 valence electrons. The molecule has 3 nitrogen and oxygen atoms in total. The maximum Gasteiger partial charge on any atom is 0.157 e. The summed E-state index contributed by atoms with van der Waals surface area (Å²) in [6.45, 7) is 5.97. The Morgan fingerprint density at radius 2 is 2.25 bits per heavy atom. The largest absolute Gasteiger partial charge is 0.490 e. The maximum atomic E-state index is 5.40. The highest BCUT2D eigenvalue weighted by Crippen LogP contribution is 2.08. The highest BCUT2D eigenvalue weighted by molar-refractivity contribution is 5.11. The second-order valence-corrected chi connectivity index (χ2v) is 2.79. The molecule has 1 heterocycles. The number of rotatable bonds is 5. The van der Waals surface area contributed by atoms with Crippen molar-refractivity contribution in [2.75, 3.05) is 6.61 Å². The summed E-state index contributed by atoms with van der Waals surface area (Å²) in [5, 5.41) is 4.15. The lowest BCUT2D eigenvalue weighted by Crippen LogP contribution is -1.96. The van der Waals surface area contributed by atoms with Gasteiger partial charge < -0.3 is 4.74 Å². The van der Waals surface area contributed by atoms with Crippen molar-refractivity contribution >= 4 is 0 Å². The molecule has 1 aromatic rings. The predicted octanol–water partition coefficient (Wildman–Crippen LogP) is 2.08. The zero-order valence-corrected chi connectivity index (χ0v) is 7.79. The van der Waals surface area contributed by atoms with Crippen LogP contribution in [0.25, 0.3) is 0 Å². The lowest BCUT2D eigenvalue weighted by molar-refractivity contribution is 0.317. The molecule has 0 aliphatic rings. The van der Waals surface area contributed by atoms with Crippen LogP contribution in [0.4, 0.5) is 0 Å². The van der Waals surface area contributed by atoms with E-state index in [1.807, 2.05) is 10.9 Å². The van der Waals surface area contributed by atoms with Crippen LogP contribution in [-0.2, 0) is 6.54 Å².